The minimum Gasteiger partial charge on any atom is -0.466 e. The van der Waals surface area contributed by atoms with Crippen LogP contribution in [0, 0.1) is 11.8 Å². The van der Waals surface area contributed by atoms with Crippen LogP contribution in [-0.2, 0) is 23.9 Å². The Morgan fingerprint density at radius 1 is 0.957 bits per heavy atom. The molecule has 5 heteroatoms. The lowest BCUT2D eigenvalue weighted by Crippen LogP contribution is -2.33. The van der Waals surface area contributed by atoms with Crippen molar-refractivity contribution in [3.63, 3.8) is 0 Å². The fraction of sp³-hybridized carbons (Fsp3) is 0.833. The SMILES string of the molecule is CCCCOC(=O)CC(C(=O)OCCCC)C(=O)C1CCCC1. The molecule has 1 aliphatic rings. The van der Waals surface area contributed by atoms with E-state index in [1.54, 1.807) is 0 Å². The van der Waals surface area contributed by atoms with Gasteiger partial charge in [-0.25, -0.2) is 0 Å². The highest BCUT2D eigenvalue weighted by atomic mass is 16.5. The molecule has 23 heavy (non-hydrogen) atoms. The number of ether oxygens (including phenoxy) is 2. The molecule has 1 fully saturated rings. The molecule has 1 atom stereocenters. The topological polar surface area (TPSA) is 69.7 Å². The molecule has 1 saturated carbocycles. The summed E-state index contributed by atoms with van der Waals surface area (Å²) in [6.07, 6.45) is 6.83. The first-order valence-corrected chi connectivity index (χ1v) is 8.96. The van der Waals surface area contributed by atoms with Gasteiger partial charge < -0.3 is 9.47 Å². The lowest BCUT2D eigenvalue weighted by atomic mass is 9.89. The molecule has 0 aliphatic heterocycles. The van der Waals surface area contributed by atoms with Gasteiger partial charge in [0.05, 0.1) is 19.6 Å². The van der Waals surface area contributed by atoms with Crippen molar-refractivity contribution in [1.82, 2.24) is 0 Å². The van der Waals surface area contributed by atoms with Gasteiger partial charge in [0.1, 0.15) is 5.92 Å². The molecule has 0 radical (unpaired) electrons. The van der Waals surface area contributed by atoms with Gasteiger partial charge in [0.25, 0.3) is 0 Å². The highest BCUT2D eigenvalue weighted by molar-refractivity contribution is 6.02. The second kappa shape index (κ2) is 11.2. The summed E-state index contributed by atoms with van der Waals surface area (Å²) < 4.78 is 10.3. The molecule has 1 rings (SSSR count). The van der Waals surface area contributed by atoms with Crippen LogP contribution in [0.3, 0.4) is 0 Å². The van der Waals surface area contributed by atoms with Crippen LogP contribution < -0.4 is 0 Å². The van der Waals surface area contributed by atoms with Gasteiger partial charge in [-0.05, 0) is 25.7 Å². The van der Waals surface area contributed by atoms with Crippen molar-refractivity contribution in [3.05, 3.63) is 0 Å². The first-order chi connectivity index (χ1) is 11.1. The Hall–Kier alpha value is -1.39. The predicted octanol–water partition coefficient (Wildman–Crippen LogP) is 3.44. The van der Waals surface area contributed by atoms with Crippen molar-refractivity contribution in [2.45, 2.75) is 71.6 Å². The number of carbonyl (C=O) groups is 3. The van der Waals surface area contributed by atoms with E-state index in [1.807, 2.05) is 13.8 Å². The summed E-state index contributed by atoms with van der Waals surface area (Å²) in [6.45, 7) is 4.64. The largest absolute Gasteiger partial charge is 0.466 e. The summed E-state index contributed by atoms with van der Waals surface area (Å²) in [6, 6.07) is 0. The van der Waals surface area contributed by atoms with Gasteiger partial charge in [0.15, 0.2) is 5.78 Å². The van der Waals surface area contributed by atoms with Crippen molar-refractivity contribution in [2.75, 3.05) is 13.2 Å². The summed E-state index contributed by atoms with van der Waals surface area (Å²) in [7, 11) is 0. The van der Waals surface area contributed by atoms with E-state index < -0.39 is 17.9 Å². The first-order valence-electron chi connectivity index (χ1n) is 8.96. The summed E-state index contributed by atoms with van der Waals surface area (Å²) >= 11 is 0. The van der Waals surface area contributed by atoms with Gasteiger partial charge in [-0.2, -0.15) is 0 Å². The molecule has 0 aromatic carbocycles. The maximum absolute atomic E-state index is 12.6. The van der Waals surface area contributed by atoms with E-state index in [0.717, 1.165) is 51.4 Å². The average molecular weight is 326 g/mol. The quantitative estimate of drug-likeness (QED) is 0.330. The second-order valence-electron chi connectivity index (χ2n) is 6.24. The highest BCUT2D eigenvalue weighted by Gasteiger charge is 2.36. The van der Waals surface area contributed by atoms with Gasteiger partial charge in [-0.1, -0.05) is 39.5 Å². The van der Waals surface area contributed by atoms with Crippen LogP contribution >= 0.6 is 0 Å². The third kappa shape index (κ3) is 7.14. The summed E-state index contributed by atoms with van der Waals surface area (Å²) in [4.78, 5) is 36.7. The third-order valence-electron chi connectivity index (χ3n) is 4.26. The standard InChI is InChI=1S/C18H30O5/c1-3-5-11-22-16(19)13-15(18(21)23-12-6-4-2)17(20)14-9-7-8-10-14/h14-15H,3-13H2,1-2H3. The first kappa shape index (κ1) is 19.7. The summed E-state index contributed by atoms with van der Waals surface area (Å²) in [5, 5.41) is 0. The zero-order valence-corrected chi connectivity index (χ0v) is 14.5. The van der Waals surface area contributed by atoms with Gasteiger partial charge in [-0.15, -0.1) is 0 Å². The molecule has 0 aromatic heterocycles. The summed E-state index contributed by atoms with van der Waals surface area (Å²) in [5.74, 6) is -2.30. The minimum absolute atomic E-state index is 0.109. The molecular weight excluding hydrogens is 296 g/mol. The van der Waals surface area contributed by atoms with E-state index in [0.29, 0.717) is 13.2 Å². The molecule has 0 amide bonds. The van der Waals surface area contributed by atoms with Gasteiger partial charge in [0.2, 0.25) is 0 Å². The molecule has 0 saturated heterocycles. The van der Waals surface area contributed by atoms with Crippen LogP contribution in [0.25, 0.3) is 0 Å². The van der Waals surface area contributed by atoms with Gasteiger partial charge in [-0.3, -0.25) is 14.4 Å². The fourth-order valence-electron chi connectivity index (χ4n) is 2.77. The van der Waals surface area contributed by atoms with E-state index in [9.17, 15) is 14.4 Å². The number of esters is 2. The lowest BCUT2D eigenvalue weighted by molar-refractivity contribution is -0.159. The highest BCUT2D eigenvalue weighted by Crippen LogP contribution is 2.29. The number of hydrogen-bond donors (Lipinski definition) is 0. The fourth-order valence-corrected chi connectivity index (χ4v) is 2.77. The predicted molar refractivity (Wildman–Crippen MR) is 86.8 cm³/mol. The molecule has 5 nitrogen and oxygen atoms in total. The Morgan fingerprint density at radius 3 is 2.09 bits per heavy atom. The minimum atomic E-state index is -0.996. The lowest BCUT2D eigenvalue weighted by Gasteiger charge is -2.18. The van der Waals surface area contributed by atoms with Crippen LogP contribution in [0.5, 0.6) is 0 Å². The van der Waals surface area contributed by atoms with Crippen LogP contribution in [0.4, 0.5) is 0 Å². The maximum Gasteiger partial charge on any atom is 0.317 e. The molecule has 1 aliphatic carbocycles. The van der Waals surface area contributed by atoms with E-state index in [-0.39, 0.29) is 18.1 Å². The van der Waals surface area contributed by atoms with E-state index in [2.05, 4.69) is 0 Å². The zero-order valence-electron chi connectivity index (χ0n) is 14.5. The molecule has 0 heterocycles. The molecule has 132 valence electrons. The van der Waals surface area contributed by atoms with Gasteiger partial charge >= 0.3 is 11.9 Å². The number of Topliss-reactive ketones (excluding diaryl/α,β-unsaturated/α-hetero) is 1. The van der Waals surface area contributed by atoms with Gasteiger partial charge in [0, 0.05) is 5.92 Å². The third-order valence-corrected chi connectivity index (χ3v) is 4.26. The monoisotopic (exact) mass is 326 g/mol. The number of carbonyl (C=O) groups excluding carboxylic acids is 3. The van der Waals surface area contributed by atoms with Crippen molar-refractivity contribution >= 4 is 17.7 Å². The number of hydrogen-bond acceptors (Lipinski definition) is 5. The Morgan fingerprint density at radius 2 is 1.52 bits per heavy atom. The van der Waals surface area contributed by atoms with Crippen LogP contribution in [0.15, 0.2) is 0 Å². The zero-order chi connectivity index (χ0) is 17.1. The summed E-state index contributed by atoms with van der Waals surface area (Å²) in [5.41, 5.74) is 0. The number of ketones is 1. The molecule has 0 aromatic rings. The Labute approximate surface area is 139 Å². The molecular formula is C18H30O5. The van der Waals surface area contributed by atoms with Crippen molar-refractivity contribution in [3.8, 4) is 0 Å². The van der Waals surface area contributed by atoms with E-state index in [4.69, 9.17) is 9.47 Å². The normalized spacial score (nSPS) is 16.1. The number of unbranched alkanes of at least 4 members (excludes halogenated alkanes) is 2. The smallest absolute Gasteiger partial charge is 0.317 e. The Balaban J connectivity index is 2.61. The van der Waals surface area contributed by atoms with E-state index >= 15 is 0 Å². The van der Waals surface area contributed by atoms with Crippen LogP contribution in [0.1, 0.15) is 71.6 Å². The molecule has 0 spiro atoms. The molecule has 0 bridgehead atoms. The molecule has 0 N–H and O–H groups in total. The number of rotatable bonds is 11. The van der Waals surface area contributed by atoms with Crippen molar-refractivity contribution in [2.24, 2.45) is 11.8 Å². The van der Waals surface area contributed by atoms with Crippen molar-refractivity contribution < 1.29 is 23.9 Å². The average Bonchev–Trinajstić information content (AvgIpc) is 3.07. The van der Waals surface area contributed by atoms with Crippen LogP contribution in [-0.4, -0.2) is 30.9 Å². The van der Waals surface area contributed by atoms with Crippen LogP contribution in [0.2, 0.25) is 0 Å². The Kier molecular flexibility index (Phi) is 9.57. The maximum atomic E-state index is 12.6. The Bertz CT molecular complexity index is 385. The van der Waals surface area contributed by atoms with Crippen molar-refractivity contribution in [1.29, 1.82) is 0 Å². The van der Waals surface area contributed by atoms with E-state index in [1.165, 1.54) is 0 Å². The second-order valence-corrected chi connectivity index (χ2v) is 6.24. The molecule has 1 unspecified atom stereocenters.